The number of halogens is 1. The second-order valence-electron chi connectivity index (χ2n) is 7.90. The first-order valence-electron chi connectivity index (χ1n) is 10.6. The molecule has 0 saturated carbocycles. The Morgan fingerprint density at radius 1 is 1.00 bits per heavy atom. The zero-order valence-electron chi connectivity index (χ0n) is 19.3. The van der Waals surface area contributed by atoms with Crippen molar-refractivity contribution in [1.29, 1.82) is 0 Å². The second-order valence-corrected chi connectivity index (χ2v) is 8.78. The summed E-state index contributed by atoms with van der Waals surface area (Å²) in [6.07, 6.45) is 1.99. The van der Waals surface area contributed by atoms with Crippen molar-refractivity contribution in [3.05, 3.63) is 83.2 Å². The molecule has 0 bridgehead atoms. The van der Waals surface area contributed by atoms with E-state index in [-0.39, 0.29) is 11.8 Å². The molecular weight excluding hydrogens is 455 g/mol. The molecule has 0 spiro atoms. The molecule has 0 fully saturated rings. The van der Waals surface area contributed by atoms with Crippen molar-refractivity contribution in [2.45, 2.75) is 16.9 Å². The SMILES string of the molecule is COc1cc2c(cc1OC)C(C(=O)Nc1ccc(F)cc1)C(c1ccc(SC)cc1)N(C)C2=O. The van der Waals surface area contributed by atoms with Gasteiger partial charge in [0.25, 0.3) is 5.91 Å². The Kier molecular flexibility index (Phi) is 6.79. The van der Waals surface area contributed by atoms with Gasteiger partial charge in [-0.25, -0.2) is 4.39 Å². The zero-order chi connectivity index (χ0) is 24.4. The zero-order valence-corrected chi connectivity index (χ0v) is 20.1. The van der Waals surface area contributed by atoms with Gasteiger partial charge in [-0.3, -0.25) is 9.59 Å². The van der Waals surface area contributed by atoms with Gasteiger partial charge in [0.05, 0.1) is 26.2 Å². The summed E-state index contributed by atoms with van der Waals surface area (Å²) in [6.45, 7) is 0. The van der Waals surface area contributed by atoms with E-state index in [0.717, 1.165) is 10.5 Å². The van der Waals surface area contributed by atoms with Crippen LogP contribution in [0.5, 0.6) is 11.5 Å². The van der Waals surface area contributed by atoms with Crippen molar-refractivity contribution in [2.24, 2.45) is 0 Å². The number of methoxy groups -OCH3 is 2. The monoisotopic (exact) mass is 480 g/mol. The van der Waals surface area contributed by atoms with Gasteiger partial charge in [0.15, 0.2) is 11.5 Å². The number of hydrogen-bond acceptors (Lipinski definition) is 5. The lowest BCUT2D eigenvalue weighted by Gasteiger charge is -2.40. The second kappa shape index (κ2) is 9.77. The van der Waals surface area contributed by atoms with Crippen LogP contribution < -0.4 is 14.8 Å². The Hall–Kier alpha value is -3.52. The maximum Gasteiger partial charge on any atom is 0.254 e. The third kappa shape index (κ3) is 4.33. The molecule has 0 radical (unpaired) electrons. The molecule has 4 rings (SSSR count). The molecule has 3 aromatic rings. The average Bonchev–Trinajstić information content (AvgIpc) is 2.86. The number of rotatable bonds is 6. The number of nitrogens with one attached hydrogen (secondary N) is 1. The smallest absolute Gasteiger partial charge is 0.254 e. The maximum atomic E-state index is 13.7. The van der Waals surface area contributed by atoms with Crippen LogP contribution in [0.3, 0.4) is 0 Å². The van der Waals surface area contributed by atoms with E-state index in [9.17, 15) is 14.0 Å². The molecule has 0 aromatic heterocycles. The first-order chi connectivity index (χ1) is 16.4. The molecule has 2 atom stereocenters. The third-order valence-electron chi connectivity index (χ3n) is 6.03. The topological polar surface area (TPSA) is 67.9 Å². The van der Waals surface area contributed by atoms with Gasteiger partial charge in [-0.2, -0.15) is 0 Å². The molecule has 176 valence electrons. The fourth-order valence-electron chi connectivity index (χ4n) is 4.30. The summed E-state index contributed by atoms with van der Waals surface area (Å²) in [5.74, 6) is -0.852. The molecule has 34 heavy (non-hydrogen) atoms. The summed E-state index contributed by atoms with van der Waals surface area (Å²) < 4.78 is 24.2. The van der Waals surface area contributed by atoms with Crippen molar-refractivity contribution in [1.82, 2.24) is 4.90 Å². The minimum Gasteiger partial charge on any atom is -0.493 e. The predicted molar refractivity (Wildman–Crippen MR) is 130 cm³/mol. The number of thioether (sulfide) groups is 1. The van der Waals surface area contributed by atoms with E-state index in [1.165, 1.54) is 38.5 Å². The third-order valence-corrected chi connectivity index (χ3v) is 6.77. The number of ether oxygens (including phenoxy) is 2. The molecule has 2 unspecified atom stereocenters. The summed E-state index contributed by atoms with van der Waals surface area (Å²) >= 11 is 1.61. The van der Waals surface area contributed by atoms with E-state index < -0.39 is 17.8 Å². The summed E-state index contributed by atoms with van der Waals surface area (Å²) in [5.41, 5.74) is 2.20. The van der Waals surface area contributed by atoms with Gasteiger partial charge in [0, 0.05) is 23.2 Å². The van der Waals surface area contributed by atoms with Crippen molar-refractivity contribution < 1.29 is 23.5 Å². The highest BCUT2D eigenvalue weighted by Gasteiger charge is 2.43. The standard InChI is InChI=1S/C26H25FN2O4S/c1-29-24(15-5-11-18(34-4)12-6-15)23(25(30)28-17-9-7-16(27)8-10-17)19-13-21(32-2)22(33-3)14-20(19)26(29)31/h5-14,23-24H,1-4H3,(H,28,30). The molecule has 6 nitrogen and oxygen atoms in total. The number of nitrogens with zero attached hydrogens (tertiary/aromatic N) is 1. The molecule has 3 aromatic carbocycles. The van der Waals surface area contributed by atoms with E-state index >= 15 is 0 Å². The highest BCUT2D eigenvalue weighted by Crippen LogP contribution is 2.46. The predicted octanol–water partition coefficient (Wildman–Crippen LogP) is 5.11. The highest BCUT2D eigenvalue weighted by molar-refractivity contribution is 7.98. The molecule has 8 heteroatoms. The van der Waals surface area contributed by atoms with Crippen molar-refractivity contribution >= 4 is 29.3 Å². The summed E-state index contributed by atoms with van der Waals surface area (Å²) in [7, 11) is 4.69. The fourth-order valence-corrected chi connectivity index (χ4v) is 4.71. The van der Waals surface area contributed by atoms with Gasteiger partial charge in [-0.05, 0) is 65.9 Å². The molecule has 0 saturated heterocycles. The lowest BCUT2D eigenvalue weighted by atomic mass is 9.79. The quantitative estimate of drug-likeness (QED) is 0.497. The first kappa shape index (κ1) is 23.6. The molecule has 1 heterocycles. The van der Waals surface area contributed by atoms with Crippen LogP contribution in [0.1, 0.15) is 33.4 Å². The normalized spacial score (nSPS) is 17.2. The number of fused-ring (bicyclic) bond motifs is 1. The number of benzene rings is 3. The van der Waals surface area contributed by atoms with Gasteiger partial charge in [-0.15, -0.1) is 11.8 Å². The molecule has 2 amide bonds. The van der Waals surface area contributed by atoms with Gasteiger partial charge < -0.3 is 19.7 Å². The fraction of sp³-hybridized carbons (Fsp3) is 0.231. The van der Waals surface area contributed by atoms with Crippen molar-refractivity contribution in [3.63, 3.8) is 0 Å². The van der Waals surface area contributed by atoms with Crippen LogP contribution in [0, 0.1) is 5.82 Å². The first-order valence-corrected chi connectivity index (χ1v) is 11.8. The molecular formula is C26H25FN2O4S. The van der Waals surface area contributed by atoms with Crippen LogP contribution in [0.2, 0.25) is 0 Å². The van der Waals surface area contributed by atoms with Crippen molar-refractivity contribution in [2.75, 3.05) is 32.8 Å². The van der Waals surface area contributed by atoms with Gasteiger partial charge in [0.1, 0.15) is 5.82 Å². The summed E-state index contributed by atoms with van der Waals surface area (Å²) in [4.78, 5) is 29.8. The maximum absolute atomic E-state index is 13.7. The lowest BCUT2D eigenvalue weighted by molar-refractivity contribution is -0.119. The van der Waals surface area contributed by atoms with E-state index in [0.29, 0.717) is 28.3 Å². The van der Waals surface area contributed by atoms with Crippen LogP contribution >= 0.6 is 11.8 Å². The van der Waals surface area contributed by atoms with Crippen LogP contribution in [0.25, 0.3) is 0 Å². The largest absolute Gasteiger partial charge is 0.493 e. The Labute approximate surface area is 202 Å². The molecule has 1 N–H and O–H groups in total. The number of likely N-dealkylation sites (N-methyl/N-ethyl adjacent to an activating group) is 1. The lowest BCUT2D eigenvalue weighted by Crippen LogP contribution is -2.44. The van der Waals surface area contributed by atoms with Crippen LogP contribution in [0.4, 0.5) is 10.1 Å². The van der Waals surface area contributed by atoms with Crippen LogP contribution in [-0.2, 0) is 4.79 Å². The van der Waals surface area contributed by atoms with E-state index in [1.54, 1.807) is 35.8 Å². The molecule has 0 aliphatic carbocycles. The van der Waals surface area contributed by atoms with E-state index in [1.807, 2.05) is 30.5 Å². The van der Waals surface area contributed by atoms with Gasteiger partial charge in [-0.1, -0.05) is 12.1 Å². The molecule has 1 aliphatic rings. The average molecular weight is 481 g/mol. The Bertz CT molecular complexity index is 1210. The minimum atomic E-state index is -0.748. The van der Waals surface area contributed by atoms with Crippen LogP contribution in [0.15, 0.2) is 65.6 Å². The van der Waals surface area contributed by atoms with E-state index in [4.69, 9.17) is 9.47 Å². The van der Waals surface area contributed by atoms with Gasteiger partial charge >= 0.3 is 0 Å². The number of hydrogen-bond donors (Lipinski definition) is 1. The Balaban J connectivity index is 1.86. The summed E-state index contributed by atoms with van der Waals surface area (Å²) in [6, 6.07) is 16.1. The summed E-state index contributed by atoms with van der Waals surface area (Å²) in [5, 5.41) is 2.88. The molecule has 1 aliphatic heterocycles. The number of amides is 2. The Morgan fingerprint density at radius 3 is 2.21 bits per heavy atom. The number of anilines is 1. The number of carbonyl (C=O) groups is 2. The van der Waals surface area contributed by atoms with Crippen LogP contribution in [-0.4, -0.2) is 44.2 Å². The van der Waals surface area contributed by atoms with Crippen molar-refractivity contribution in [3.8, 4) is 11.5 Å². The van der Waals surface area contributed by atoms with Gasteiger partial charge in [0.2, 0.25) is 5.91 Å². The van der Waals surface area contributed by atoms with E-state index in [2.05, 4.69) is 5.32 Å². The Morgan fingerprint density at radius 2 is 1.62 bits per heavy atom. The highest BCUT2D eigenvalue weighted by atomic mass is 32.2. The minimum absolute atomic E-state index is 0.222. The number of carbonyl (C=O) groups excluding carboxylic acids is 2.